The van der Waals surface area contributed by atoms with Gasteiger partial charge in [0.2, 0.25) is 0 Å². The number of aromatic nitrogens is 1. The minimum Gasteiger partial charge on any atom is -0.490 e. The third-order valence-electron chi connectivity index (χ3n) is 5.41. The molecule has 4 rings (SSSR count). The van der Waals surface area contributed by atoms with Crippen LogP contribution in [-0.4, -0.2) is 40.2 Å². The number of nitrogens with one attached hydrogen (secondary N) is 1. The number of rotatable bonds is 2. The van der Waals surface area contributed by atoms with E-state index in [4.69, 9.17) is 4.74 Å². The molecule has 1 atom stereocenters. The Hall–Kier alpha value is -2.60. The molecule has 0 bridgehead atoms. The lowest BCUT2D eigenvalue weighted by molar-refractivity contribution is -0.0193. The Labute approximate surface area is 159 Å². The molecule has 0 aliphatic carbocycles. The van der Waals surface area contributed by atoms with Gasteiger partial charge in [-0.25, -0.2) is 4.79 Å². The van der Waals surface area contributed by atoms with Gasteiger partial charge in [0.25, 0.3) is 0 Å². The molecule has 2 aliphatic heterocycles. The van der Waals surface area contributed by atoms with Crippen LogP contribution in [0, 0.1) is 6.92 Å². The number of urea groups is 1. The molecular weight excluding hydrogens is 342 g/mol. The maximum Gasteiger partial charge on any atom is 0.321 e. The van der Waals surface area contributed by atoms with Crippen LogP contribution in [0.1, 0.15) is 36.6 Å². The van der Waals surface area contributed by atoms with Crippen molar-refractivity contribution in [1.29, 1.82) is 0 Å². The first-order chi connectivity index (χ1) is 12.9. The van der Waals surface area contributed by atoms with Gasteiger partial charge in [-0.3, -0.25) is 4.98 Å². The van der Waals surface area contributed by atoms with E-state index in [-0.39, 0.29) is 12.1 Å². The van der Waals surface area contributed by atoms with Crippen LogP contribution in [0.2, 0.25) is 0 Å². The predicted molar refractivity (Wildman–Crippen MR) is 103 cm³/mol. The van der Waals surface area contributed by atoms with Crippen molar-refractivity contribution in [3.63, 3.8) is 0 Å². The number of fused-ring (bicyclic) bond motifs is 1. The Bertz CT molecular complexity index is 842. The SMILES string of the molecule is Cc1ccc(C2(O)CCN(C(=O)Nc3ccc4c(c3)C[C@@H](C)O4)CC2)nc1. The molecule has 2 N–H and O–H groups in total. The average molecular weight is 367 g/mol. The summed E-state index contributed by atoms with van der Waals surface area (Å²) in [6, 6.07) is 9.45. The summed E-state index contributed by atoms with van der Waals surface area (Å²) in [5, 5.41) is 13.9. The monoisotopic (exact) mass is 367 g/mol. The maximum absolute atomic E-state index is 12.6. The van der Waals surface area contributed by atoms with Gasteiger partial charge in [-0.05, 0) is 62.1 Å². The number of benzene rings is 1. The van der Waals surface area contributed by atoms with Crippen molar-refractivity contribution in [3.8, 4) is 5.75 Å². The number of ether oxygens (including phenoxy) is 1. The molecule has 1 aromatic carbocycles. The molecule has 27 heavy (non-hydrogen) atoms. The Balaban J connectivity index is 1.38. The minimum atomic E-state index is -0.967. The van der Waals surface area contributed by atoms with Gasteiger partial charge in [0.15, 0.2) is 0 Å². The minimum absolute atomic E-state index is 0.138. The van der Waals surface area contributed by atoms with Crippen LogP contribution in [0.4, 0.5) is 10.5 Å². The summed E-state index contributed by atoms with van der Waals surface area (Å²) < 4.78 is 5.70. The predicted octanol–water partition coefficient (Wildman–Crippen LogP) is 3.23. The topological polar surface area (TPSA) is 74.7 Å². The van der Waals surface area contributed by atoms with Gasteiger partial charge >= 0.3 is 6.03 Å². The molecule has 1 saturated heterocycles. The van der Waals surface area contributed by atoms with E-state index in [1.165, 1.54) is 0 Å². The smallest absolute Gasteiger partial charge is 0.321 e. The third-order valence-corrected chi connectivity index (χ3v) is 5.41. The van der Waals surface area contributed by atoms with Crippen LogP contribution in [0.3, 0.4) is 0 Å². The van der Waals surface area contributed by atoms with E-state index >= 15 is 0 Å². The second kappa shape index (κ2) is 6.85. The van der Waals surface area contributed by atoms with Crippen LogP contribution in [0.5, 0.6) is 5.75 Å². The van der Waals surface area contributed by atoms with Crippen LogP contribution in [0.15, 0.2) is 36.5 Å². The fraction of sp³-hybridized carbons (Fsp3) is 0.429. The van der Waals surface area contributed by atoms with E-state index < -0.39 is 5.60 Å². The number of hydrogen-bond acceptors (Lipinski definition) is 4. The lowest BCUT2D eigenvalue weighted by Gasteiger charge is -2.37. The molecule has 6 nitrogen and oxygen atoms in total. The van der Waals surface area contributed by atoms with Crippen molar-refractivity contribution in [3.05, 3.63) is 53.3 Å². The van der Waals surface area contributed by atoms with E-state index in [9.17, 15) is 9.90 Å². The first-order valence-corrected chi connectivity index (χ1v) is 9.44. The third kappa shape index (κ3) is 3.62. The molecule has 1 fully saturated rings. The van der Waals surface area contributed by atoms with E-state index in [0.717, 1.165) is 29.0 Å². The highest BCUT2D eigenvalue weighted by Crippen LogP contribution is 2.33. The summed E-state index contributed by atoms with van der Waals surface area (Å²) in [5.41, 5.74) is 2.68. The normalized spacial score (nSPS) is 20.7. The second-order valence-electron chi connectivity index (χ2n) is 7.62. The number of aryl methyl sites for hydroxylation is 1. The summed E-state index contributed by atoms with van der Waals surface area (Å²) in [7, 11) is 0. The van der Waals surface area contributed by atoms with E-state index in [1.807, 2.05) is 44.2 Å². The fourth-order valence-electron chi connectivity index (χ4n) is 3.78. The van der Waals surface area contributed by atoms with Gasteiger partial charge in [0.05, 0.1) is 5.69 Å². The van der Waals surface area contributed by atoms with Crippen molar-refractivity contribution in [1.82, 2.24) is 9.88 Å². The number of amides is 2. The number of carbonyl (C=O) groups excluding carboxylic acids is 1. The van der Waals surface area contributed by atoms with Gasteiger partial charge in [0, 0.05) is 31.4 Å². The van der Waals surface area contributed by atoms with Crippen LogP contribution in [0.25, 0.3) is 0 Å². The molecule has 6 heteroatoms. The van der Waals surface area contributed by atoms with Crippen LogP contribution < -0.4 is 10.1 Å². The molecule has 0 unspecified atom stereocenters. The van der Waals surface area contributed by atoms with E-state index in [1.54, 1.807) is 11.1 Å². The molecular formula is C21H25N3O3. The summed E-state index contributed by atoms with van der Waals surface area (Å²) in [6.07, 6.45) is 3.77. The number of nitrogens with zero attached hydrogens (tertiary/aromatic N) is 2. The zero-order valence-corrected chi connectivity index (χ0v) is 15.7. The molecule has 2 amide bonds. The fourth-order valence-corrected chi connectivity index (χ4v) is 3.78. The van der Waals surface area contributed by atoms with Crippen molar-refractivity contribution >= 4 is 11.7 Å². The van der Waals surface area contributed by atoms with E-state index in [0.29, 0.717) is 31.6 Å². The number of likely N-dealkylation sites (tertiary alicyclic amines) is 1. The Morgan fingerprint density at radius 1 is 1.30 bits per heavy atom. The first kappa shape index (κ1) is 17.8. The van der Waals surface area contributed by atoms with Crippen LogP contribution in [-0.2, 0) is 12.0 Å². The number of carbonyl (C=O) groups is 1. The zero-order chi connectivity index (χ0) is 19.0. The highest BCUT2D eigenvalue weighted by Gasteiger charge is 2.36. The molecule has 2 aliphatic rings. The van der Waals surface area contributed by atoms with Gasteiger partial charge in [-0.1, -0.05) is 6.07 Å². The summed E-state index contributed by atoms with van der Waals surface area (Å²) in [6.45, 7) is 4.99. The van der Waals surface area contributed by atoms with Crippen molar-refractivity contribution in [2.24, 2.45) is 0 Å². The molecule has 142 valence electrons. The summed E-state index contributed by atoms with van der Waals surface area (Å²) in [4.78, 5) is 18.7. The Kier molecular flexibility index (Phi) is 4.52. The van der Waals surface area contributed by atoms with Crippen molar-refractivity contribution in [2.75, 3.05) is 18.4 Å². The van der Waals surface area contributed by atoms with Crippen LogP contribution >= 0.6 is 0 Å². The maximum atomic E-state index is 12.6. The lowest BCUT2D eigenvalue weighted by atomic mass is 9.87. The van der Waals surface area contributed by atoms with Gasteiger partial charge < -0.3 is 20.1 Å². The molecule has 0 saturated carbocycles. The number of hydrogen-bond donors (Lipinski definition) is 2. The van der Waals surface area contributed by atoms with E-state index in [2.05, 4.69) is 10.3 Å². The Morgan fingerprint density at radius 2 is 2.07 bits per heavy atom. The second-order valence-corrected chi connectivity index (χ2v) is 7.62. The average Bonchev–Trinajstić information content (AvgIpc) is 3.02. The standard InChI is InChI=1S/C21H25N3O3/c1-14-3-6-19(22-13-14)21(26)7-9-24(10-8-21)20(25)23-17-4-5-18-16(12-17)11-15(2)27-18/h3-6,12-13,15,26H,7-11H2,1-2H3,(H,23,25)/t15-/m1/s1. The first-order valence-electron chi connectivity index (χ1n) is 9.44. The number of aliphatic hydroxyl groups is 1. The number of piperidine rings is 1. The molecule has 1 aromatic heterocycles. The molecule has 0 spiro atoms. The van der Waals surface area contributed by atoms with Gasteiger partial charge in [0.1, 0.15) is 17.5 Å². The quantitative estimate of drug-likeness (QED) is 0.855. The van der Waals surface area contributed by atoms with Gasteiger partial charge in [-0.15, -0.1) is 0 Å². The Morgan fingerprint density at radius 3 is 2.78 bits per heavy atom. The molecule has 3 heterocycles. The largest absolute Gasteiger partial charge is 0.490 e. The number of anilines is 1. The summed E-state index contributed by atoms with van der Waals surface area (Å²) >= 11 is 0. The lowest BCUT2D eigenvalue weighted by Crippen LogP contribution is -2.47. The molecule has 2 aromatic rings. The van der Waals surface area contributed by atoms with Gasteiger partial charge in [-0.2, -0.15) is 0 Å². The zero-order valence-electron chi connectivity index (χ0n) is 15.7. The molecule has 0 radical (unpaired) electrons. The summed E-state index contributed by atoms with van der Waals surface area (Å²) in [5.74, 6) is 0.897. The van der Waals surface area contributed by atoms with Crippen molar-refractivity contribution in [2.45, 2.75) is 44.8 Å². The highest BCUT2D eigenvalue weighted by atomic mass is 16.5. The van der Waals surface area contributed by atoms with Crippen molar-refractivity contribution < 1.29 is 14.6 Å². The highest BCUT2D eigenvalue weighted by molar-refractivity contribution is 5.89. The number of pyridine rings is 1.